The summed E-state index contributed by atoms with van der Waals surface area (Å²) in [6.45, 7) is 4.90. The van der Waals surface area contributed by atoms with E-state index in [4.69, 9.17) is 22.3 Å². The van der Waals surface area contributed by atoms with E-state index in [1.165, 1.54) is 5.56 Å². The molecule has 1 unspecified atom stereocenters. The van der Waals surface area contributed by atoms with Gasteiger partial charge in [-0.2, -0.15) is 0 Å². The van der Waals surface area contributed by atoms with Crippen molar-refractivity contribution < 1.29 is 9.90 Å². The number of benzene rings is 3. The van der Waals surface area contributed by atoms with Crippen LogP contribution in [0.15, 0.2) is 60.9 Å². The molecule has 6 rings (SSSR count). The maximum absolute atomic E-state index is 11.5. The molecule has 0 saturated heterocycles. The molecule has 3 aromatic carbocycles. The maximum atomic E-state index is 11.5. The van der Waals surface area contributed by atoms with E-state index in [1.54, 1.807) is 30.6 Å². The molecule has 0 radical (unpaired) electrons. The Morgan fingerprint density at radius 3 is 2.73 bits per heavy atom. The number of aliphatic hydroxyl groups excluding tert-OH is 1. The van der Waals surface area contributed by atoms with Crippen LogP contribution in [0, 0.1) is 6.92 Å². The Bertz CT molecular complexity index is 1690. The minimum atomic E-state index is -0.942. The molecule has 1 aliphatic heterocycles. The highest BCUT2D eigenvalue weighted by atomic mass is 35.5. The molecule has 0 saturated carbocycles. The average Bonchev–Trinajstić information content (AvgIpc) is 3.43. The molecule has 0 spiro atoms. The molecule has 2 atom stereocenters. The number of carbonyl (C=O) groups excluding carboxylic acids is 1. The summed E-state index contributed by atoms with van der Waals surface area (Å²) in [5, 5.41) is 15.0. The highest BCUT2D eigenvalue weighted by molar-refractivity contribution is 6.31. The van der Waals surface area contributed by atoms with Gasteiger partial charge in [0.05, 0.1) is 22.1 Å². The predicted octanol–water partition coefficient (Wildman–Crippen LogP) is 4.42. The summed E-state index contributed by atoms with van der Waals surface area (Å²) in [5.74, 6) is 0.580. The van der Waals surface area contributed by atoms with Crippen LogP contribution in [-0.2, 0) is 13.0 Å². The first-order chi connectivity index (χ1) is 17.7. The molecule has 3 heterocycles. The minimum absolute atomic E-state index is 0.342. The Kier molecular flexibility index (Phi) is 5.56. The smallest absolute Gasteiger partial charge is 0.248 e. The van der Waals surface area contributed by atoms with E-state index < -0.39 is 12.1 Å². The Morgan fingerprint density at radius 2 is 1.95 bits per heavy atom. The minimum Gasteiger partial charge on any atom is -0.374 e. The van der Waals surface area contributed by atoms with Crippen molar-refractivity contribution in [2.75, 3.05) is 0 Å². The zero-order valence-corrected chi connectivity index (χ0v) is 21.3. The monoisotopic (exact) mass is 514 g/mol. The first kappa shape index (κ1) is 23.7. The highest BCUT2D eigenvalue weighted by Crippen LogP contribution is 2.32. The molecule has 0 aliphatic carbocycles. The third-order valence-electron chi connectivity index (χ3n) is 7.26. The van der Waals surface area contributed by atoms with E-state index in [9.17, 15) is 9.90 Å². The van der Waals surface area contributed by atoms with E-state index in [1.807, 2.05) is 16.7 Å². The summed E-state index contributed by atoms with van der Waals surface area (Å²) < 4.78 is 4.13. The summed E-state index contributed by atoms with van der Waals surface area (Å²) in [4.78, 5) is 20.7. The largest absolute Gasteiger partial charge is 0.374 e. The van der Waals surface area contributed by atoms with Gasteiger partial charge in [-0.25, -0.2) is 9.97 Å². The average molecular weight is 515 g/mol. The second-order valence-electron chi connectivity index (χ2n) is 10.1. The number of amides is 1. The summed E-state index contributed by atoms with van der Waals surface area (Å²) >= 11 is 6.67. The third kappa shape index (κ3) is 4.17. The van der Waals surface area contributed by atoms with Crippen LogP contribution in [0.4, 0.5) is 0 Å². The van der Waals surface area contributed by atoms with Gasteiger partial charge in [0.1, 0.15) is 18.4 Å². The Labute approximate surface area is 218 Å². The number of fused-ring (bicyclic) bond motifs is 4. The number of hydrogen-bond acceptors (Lipinski definition) is 5. The molecule has 188 valence electrons. The third-order valence-corrected chi connectivity index (χ3v) is 7.59. The van der Waals surface area contributed by atoms with Crippen molar-refractivity contribution in [3.8, 4) is 5.69 Å². The summed E-state index contributed by atoms with van der Waals surface area (Å²) in [7, 11) is 0. The molecule has 1 amide bonds. The second kappa shape index (κ2) is 8.69. The number of hydrogen-bond donors (Lipinski definition) is 3. The lowest BCUT2D eigenvalue weighted by atomic mass is 9.91. The van der Waals surface area contributed by atoms with Crippen molar-refractivity contribution in [1.29, 1.82) is 0 Å². The van der Waals surface area contributed by atoms with Crippen molar-refractivity contribution in [3.05, 3.63) is 88.5 Å². The molecule has 8 nitrogen and oxygen atoms in total. The van der Waals surface area contributed by atoms with Crippen LogP contribution in [-0.4, -0.2) is 35.7 Å². The molecule has 9 heteroatoms. The standard InChI is InChI=1S/C28H27ClN6O2/c1-16-3-7-24-22(11-16)32-25-9-10-28(2,14-34(24)25)33-27(37)19-6-5-18(13-20(19)29)35-15-31-21-12-17(26(30)36)4-8-23(21)35/h3-8,11-13,15,27,33,37H,9-10,14H2,1-2H3,(H2,30,36)/t27?,28-/m1/s1. The number of aliphatic hydroxyl groups is 1. The lowest BCUT2D eigenvalue weighted by Crippen LogP contribution is -2.50. The van der Waals surface area contributed by atoms with E-state index in [0.29, 0.717) is 28.2 Å². The van der Waals surface area contributed by atoms with E-state index in [-0.39, 0.29) is 5.54 Å². The second-order valence-corrected chi connectivity index (χ2v) is 10.5. The Morgan fingerprint density at radius 1 is 1.14 bits per heavy atom. The van der Waals surface area contributed by atoms with Gasteiger partial charge in [-0.15, -0.1) is 0 Å². The number of rotatable bonds is 5. The normalized spacial score (nSPS) is 18.3. The van der Waals surface area contributed by atoms with Gasteiger partial charge in [0.15, 0.2) is 0 Å². The van der Waals surface area contributed by atoms with Gasteiger partial charge in [0, 0.05) is 40.3 Å². The molecule has 37 heavy (non-hydrogen) atoms. The molecule has 1 aliphatic rings. The number of primary amides is 1. The van der Waals surface area contributed by atoms with Crippen LogP contribution in [0.5, 0.6) is 0 Å². The number of nitrogens with zero attached hydrogens (tertiary/aromatic N) is 4. The molecular formula is C28H27ClN6O2. The number of nitrogens with two attached hydrogens (primary N) is 1. The number of nitrogens with one attached hydrogen (secondary N) is 1. The van der Waals surface area contributed by atoms with Crippen molar-refractivity contribution in [1.82, 2.24) is 24.4 Å². The maximum Gasteiger partial charge on any atom is 0.248 e. The first-order valence-corrected chi connectivity index (χ1v) is 12.6. The lowest BCUT2D eigenvalue weighted by Gasteiger charge is -2.37. The molecule has 5 aromatic rings. The van der Waals surface area contributed by atoms with Gasteiger partial charge in [0.2, 0.25) is 5.91 Å². The fourth-order valence-corrected chi connectivity index (χ4v) is 5.54. The number of aromatic nitrogens is 4. The van der Waals surface area contributed by atoms with Crippen LogP contribution in [0.1, 0.15) is 46.9 Å². The van der Waals surface area contributed by atoms with Gasteiger partial charge in [-0.1, -0.05) is 23.7 Å². The highest BCUT2D eigenvalue weighted by Gasteiger charge is 2.34. The summed E-state index contributed by atoms with van der Waals surface area (Å²) in [6.07, 6.45) is 2.40. The van der Waals surface area contributed by atoms with E-state index in [2.05, 4.69) is 46.9 Å². The number of carbonyl (C=O) groups is 1. The molecule has 0 fully saturated rings. The lowest BCUT2D eigenvalue weighted by molar-refractivity contribution is 0.0802. The van der Waals surface area contributed by atoms with Gasteiger partial charge in [-0.3, -0.25) is 14.7 Å². The van der Waals surface area contributed by atoms with E-state index in [0.717, 1.165) is 40.9 Å². The predicted molar refractivity (Wildman–Crippen MR) is 144 cm³/mol. The number of halogens is 1. The zero-order valence-electron chi connectivity index (χ0n) is 20.6. The number of aryl methyl sites for hydroxylation is 2. The van der Waals surface area contributed by atoms with Crippen LogP contribution in [0.25, 0.3) is 27.8 Å². The number of imidazole rings is 2. The summed E-state index contributed by atoms with van der Waals surface area (Å²) in [6, 6.07) is 17.0. The molecule has 2 aromatic heterocycles. The van der Waals surface area contributed by atoms with E-state index >= 15 is 0 Å². The summed E-state index contributed by atoms with van der Waals surface area (Å²) in [5.41, 5.74) is 11.6. The van der Waals surface area contributed by atoms with Crippen molar-refractivity contribution in [2.45, 2.75) is 45.0 Å². The van der Waals surface area contributed by atoms with Crippen LogP contribution < -0.4 is 11.1 Å². The molecule has 4 N–H and O–H groups in total. The SMILES string of the molecule is Cc1ccc2c(c1)nc1n2C[C@](C)(NC(O)c2ccc(-n3cnc4cc(C(N)=O)ccc43)cc2Cl)CC1. The van der Waals surface area contributed by atoms with Gasteiger partial charge >= 0.3 is 0 Å². The Hall–Kier alpha value is -3.72. The van der Waals surface area contributed by atoms with Crippen LogP contribution in [0.3, 0.4) is 0 Å². The quantitative estimate of drug-likeness (QED) is 0.301. The molecular weight excluding hydrogens is 488 g/mol. The van der Waals surface area contributed by atoms with Crippen LogP contribution in [0.2, 0.25) is 5.02 Å². The van der Waals surface area contributed by atoms with Crippen molar-refractivity contribution >= 4 is 39.6 Å². The molecule has 0 bridgehead atoms. The Balaban J connectivity index is 1.24. The topological polar surface area (TPSA) is 111 Å². The fraction of sp³-hybridized carbons (Fsp3) is 0.250. The van der Waals surface area contributed by atoms with Gasteiger partial charge in [-0.05, 0) is 68.3 Å². The van der Waals surface area contributed by atoms with Gasteiger partial charge in [0.25, 0.3) is 0 Å². The van der Waals surface area contributed by atoms with Crippen molar-refractivity contribution in [3.63, 3.8) is 0 Å². The first-order valence-electron chi connectivity index (χ1n) is 12.2. The van der Waals surface area contributed by atoms with Crippen LogP contribution >= 0.6 is 11.6 Å². The zero-order chi connectivity index (χ0) is 25.9. The fourth-order valence-electron chi connectivity index (χ4n) is 5.26. The van der Waals surface area contributed by atoms with Crippen molar-refractivity contribution in [2.24, 2.45) is 5.73 Å². The van der Waals surface area contributed by atoms with Gasteiger partial charge < -0.3 is 15.4 Å².